The number of carbonyl (C=O) groups is 3. The third kappa shape index (κ3) is 3.00. The number of primary amides is 1. The molecule has 10 heteroatoms. The van der Waals surface area contributed by atoms with Gasteiger partial charge in [-0.25, -0.2) is 9.37 Å². The van der Waals surface area contributed by atoms with Crippen LogP contribution in [0, 0.1) is 5.41 Å². The Hall–Kier alpha value is -3.04. The number of imide groups is 1. The summed E-state index contributed by atoms with van der Waals surface area (Å²) in [7, 11) is 1.57. The number of carbonyl (C=O) groups excluding carboxylic acids is 3. The first kappa shape index (κ1) is 18.7. The van der Waals surface area contributed by atoms with Gasteiger partial charge in [0.2, 0.25) is 11.9 Å². The molecule has 3 aliphatic heterocycles. The molecule has 0 aromatic carbocycles. The fourth-order valence-electron chi connectivity index (χ4n) is 3.20. The van der Waals surface area contributed by atoms with Crippen LogP contribution in [0.4, 0.5) is 4.79 Å². The van der Waals surface area contributed by atoms with Gasteiger partial charge >= 0.3 is 12.0 Å². The average molecular weight is 374 g/mol. The third-order valence-corrected chi connectivity index (χ3v) is 4.66. The monoisotopic (exact) mass is 374 g/mol. The van der Waals surface area contributed by atoms with Crippen molar-refractivity contribution in [3.8, 4) is 0 Å². The van der Waals surface area contributed by atoms with E-state index >= 15 is 0 Å². The molecule has 3 aliphatic rings. The SMILES string of the molecule is C=CCN1C(=O)C2C(=NC3=[N+]2CC(C(C)(C)C)=NN3CC(N)=O)N(C)C1=O. The van der Waals surface area contributed by atoms with E-state index in [2.05, 4.69) is 16.7 Å². The van der Waals surface area contributed by atoms with Crippen molar-refractivity contribution in [2.75, 3.05) is 26.7 Å². The van der Waals surface area contributed by atoms with Gasteiger partial charge in [-0.05, 0) is 0 Å². The van der Waals surface area contributed by atoms with E-state index in [1.165, 1.54) is 16.0 Å². The number of hydrogen-bond acceptors (Lipinski definition) is 6. The number of nitrogens with two attached hydrogens (primary N) is 1. The van der Waals surface area contributed by atoms with Crippen LogP contribution in [0.25, 0.3) is 0 Å². The normalized spacial score (nSPS) is 22.5. The lowest BCUT2D eigenvalue weighted by Gasteiger charge is -2.34. The van der Waals surface area contributed by atoms with Crippen molar-refractivity contribution >= 4 is 35.4 Å². The van der Waals surface area contributed by atoms with Crippen LogP contribution >= 0.6 is 0 Å². The molecule has 0 aromatic rings. The molecular formula is C17H24N7O3+. The highest BCUT2D eigenvalue weighted by Gasteiger charge is 2.55. The van der Waals surface area contributed by atoms with Gasteiger partial charge in [0.15, 0.2) is 6.54 Å². The minimum Gasteiger partial charge on any atom is -0.367 e. The van der Waals surface area contributed by atoms with Gasteiger partial charge in [-0.15, -0.1) is 16.7 Å². The summed E-state index contributed by atoms with van der Waals surface area (Å²) in [6, 6.07) is -1.22. The van der Waals surface area contributed by atoms with Crippen molar-refractivity contribution in [1.82, 2.24) is 14.8 Å². The molecule has 0 spiro atoms. The number of nitrogens with zero attached hydrogens (tertiary/aromatic N) is 6. The summed E-state index contributed by atoms with van der Waals surface area (Å²) in [5, 5.41) is 5.94. The van der Waals surface area contributed by atoms with E-state index in [0.717, 1.165) is 10.6 Å². The molecule has 0 radical (unpaired) electrons. The summed E-state index contributed by atoms with van der Waals surface area (Å²) in [5.74, 6) is -0.281. The number of guanidine groups is 1. The number of fused-ring (bicyclic) bond motifs is 2. The Labute approximate surface area is 157 Å². The summed E-state index contributed by atoms with van der Waals surface area (Å²) in [6.07, 6.45) is 1.50. The minimum atomic E-state index is -0.758. The van der Waals surface area contributed by atoms with Gasteiger partial charge in [0.1, 0.15) is 6.54 Å². The predicted octanol–water partition coefficient (Wildman–Crippen LogP) is -0.581. The first-order chi connectivity index (χ1) is 12.6. The largest absolute Gasteiger partial charge is 0.417 e. The van der Waals surface area contributed by atoms with Gasteiger partial charge < -0.3 is 5.73 Å². The van der Waals surface area contributed by atoms with Crippen LogP contribution in [0.3, 0.4) is 0 Å². The van der Waals surface area contributed by atoms with Gasteiger partial charge in [0.25, 0.3) is 11.8 Å². The number of urea groups is 1. The van der Waals surface area contributed by atoms with E-state index in [0.29, 0.717) is 18.3 Å². The Balaban J connectivity index is 2.07. The molecule has 1 unspecified atom stereocenters. The minimum absolute atomic E-state index is 0.111. The molecule has 3 rings (SSSR count). The number of amides is 4. The smallest absolute Gasteiger partial charge is 0.367 e. The first-order valence-corrected chi connectivity index (χ1v) is 8.62. The summed E-state index contributed by atoms with van der Waals surface area (Å²) >= 11 is 0. The number of amidine groups is 1. The van der Waals surface area contributed by atoms with Gasteiger partial charge in [-0.1, -0.05) is 31.8 Å². The highest BCUT2D eigenvalue weighted by Crippen LogP contribution is 2.26. The van der Waals surface area contributed by atoms with Crippen LogP contribution in [0.15, 0.2) is 22.7 Å². The van der Waals surface area contributed by atoms with Crippen LogP contribution in [0.2, 0.25) is 0 Å². The molecule has 0 saturated carbocycles. The van der Waals surface area contributed by atoms with Crippen molar-refractivity contribution in [2.45, 2.75) is 26.8 Å². The first-order valence-electron chi connectivity index (χ1n) is 8.62. The molecule has 1 atom stereocenters. The zero-order chi connectivity index (χ0) is 20.1. The van der Waals surface area contributed by atoms with Crippen LogP contribution in [0.1, 0.15) is 20.8 Å². The van der Waals surface area contributed by atoms with Crippen LogP contribution in [-0.4, -0.2) is 87.5 Å². The van der Waals surface area contributed by atoms with Crippen molar-refractivity contribution in [1.29, 1.82) is 0 Å². The summed E-state index contributed by atoms with van der Waals surface area (Å²) < 4.78 is 1.77. The second-order valence-corrected chi connectivity index (χ2v) is 7.70. The predicted molar refractivity (Wildman–Crippen MR) is 99.2 cm³/mol. The van der Waals surface area contributed by atoms with Gasteiger partial charge in [0.05, 0.1) is 5.71 Å². The standard InChI is InChI=1S/C17H23N7O3/c1-6-7-22-14(26)12-13(21(5)16(22)27)19-15-23(12)8-10(17(2,3)4)20-24(15)9-11(18)25/h6,12H,1,7-9H2,2-5H3,(H-,18,25)/p+1. The quantitative estimate of drug-likeness (QED) is 0.523. The van der Waals surface area contributed by atoms with Gasteiger partial charge in [0, 0.05) is 19.0 Å². The lowest BCUT2D eigenvalue weighted by molar-refractivity contribution is -0.528. The molecule has 0 aromatic heterocycles. The topological polar surface area (TPSA) is 115 Å². The molecular weight excluding hydrogens is 350 g/mol. The van der Waals surface area contributed by atoms with E-state index in [-0.39, 0.29) is 24.4 Å². The second kappa shape index (κ2) is 6.29. The zero-order valence-electron chi connectivity index (χ0n) is 16.0. The Bertz CT molecular complexity index is 834. The Morgan fingerprint density at radius 3 is 2.63 bits per heavy atom. The fourth-order valence-corrected chi connectivity index (χ4v) is 3.20. The summed E-state index contributed by atoms with van der Waals surface area (Å²) in [5.41, 5.74) is 5.86. The average Bonchev–Trinajstić information content (AvgIpc) is 2.95. The van der Waals surface area contributed by atoms with E-state index in [4.69, 9.17) is 5.73 Å². The number of aliphatic imine (C=N–C) groups is 1. The molecule has 0 aliphatic carbocycles. The lowest BCUT2D eigenvalue weighted by atomic mass is 9.89. The maximum Gasteiger partial charge on any atom is 0.417 e. The molecule has 1 saturated heterocycles. The molecule has 0 bridgehead atoms. The highest BCUT2D eigenvalue weighted by molar-refractivity contribution is 6.23. The molecule has 1 fully saturated rings. The molecule has 144 valence electrons. The van der Waals surface area contributed by atoms with E-state index in [1.54, 1.807) is 11.6 Å². The van der Waals surface area contributed by atoms with Gasteiger partial charge in [-0.2, -0.15) is 0 Å². The Morgan fingerprint density at radius 1 is 1.41 bits per heavy atom. The molecule has 27 heavy (non-hydrogen) atoms. The fraction of sp³-hybridized carbons (Fsp3) is 0.529. The van der Waals surface area contributed by atoms with Crippen molar-refractivity contribution in [2.24, 2.45) is 21.2 Å². The molecule has 3 heterocycles. The Morgan fingerprint density at radius 2 is 2.07 bits per heavy atom. The van der Waals surface area contributed by atoms with Crippen LogP contribution in [-0.2, 0) is 9.59 Å². The second-order valence-electron chi connectivity index (χ2n) is 7.70. The maximum absolute atomic E-state index is 13.0. The van der Waals surface area contributed by atoms with Gasteiger partial charge in [-0.3, -0.25) is 19.4 Å². The van der Waals surface area contributed by atoms with Crippen LogP contribution < -0.4 is 5.73 Å². The molecule has 2 N–H and O–H groups in total. The number of likely N-dealkylation sites (N-methyl/N-ethyl adjacent to an activating group) is 1. The van der Waals surface area contributed by atoms with E-state index < -0.39 is 18.0 Å². The van der Waals surface area contributed by atoms with E-state index in [9.17, 15) is 14.4 Å². The number of rotatable bonds is 4. The molecule has 10 nitrogen and oxygen atoms in total. The zero-order valence-corrected chi connectivity index (χ0v) is 16.0. The lowest BCUT2D eigenvalue weighted by Crippen LogP contribution is -2.63. The maximum atomic E-state index is 13.0. The highest BCUT2D eigenvalue weighted by atomic mass is 16.2. The van der Waals surface area contributed by atoms with Crippen LogP contribution in [0.5, 0.6) is 0 Å². The summed E-state index contributed by atoms with van der Waals surface area (Å²) in [6.45, 7) is 9.92. The van der Waals surface area contributed by atoms with Crippen molar-refractivity contribution in [3.63, 3.8) is 0 Å². The molecule has 4 amide bonds. The third-order valence-electron chi connectivity index (χ3n) is 4.66. The Kier molecular flexibility index (Phi) is 4.37. The number of hydrazone groups is 1. The summed E-state index contributed by atoms with van der Waals surface area (Å²) in [4.78, 5) is 44.0. The van der Waals surface area contributed by atoms with Crippen molar-refractivity contribution < 1.29 is 19.0 Å². The van der Waals surface area contributed by atoms with Crippen molar-refractivity contribution in [3.05, 3.63) is 12.7 Å². The van der Waals surface area contributed by atoms with E-state index in [1.807, 2.05) is 20.8 Å². The number of hydrogen-bond donors (Lipinski definition) is 1.